The number of hydrogen-bond donors (Lipinski definition) is 0. The standard InChI is InChI=1S/C28H25N3O2S.C27H23N3OS/c1-32-24-16-14-22(15-17-24)20-34-28-30-29-27(31(28)18-21-8-3-2-4-9-21)19-33-26-13-7-11-23-10-5-6-12-25(23)26;1-3-10-21(11-4-1)18-30-26(28-29-27(30)32-20-22-12-5-2-6-13-22)19-31-25-17-9-15-23-14-7-8-16-24(23)25/h2-17H,18-20H2,1H3;1-17H,18-20H2. The highest BCUT2D eigenvalue weighted by Crippen LogP contribution is 2.30. The number of thioether (sulfide) groups is 2. The van der Waals surface area contributed by atoms with Crippen molar-refractivity contribution in [3.05, 3.63) is 234 Å². The van der Waals surface area contributed by atoms with Crippen molar-refractivity contribution in [2.75, 3.05) is 7.11 Å². The topological polar surface area (TPSA) is 89.1 Å². The molecular weight excluding hydrogens is 857 g/mol. The summed E-state index contributed by atoms with van der Waals surface area (Å²) in [5.41, 5.74) is 4.87. The quantitative estimate of drug-likeness (QED) is 0.0829. The summed E-state index contributed by atoms with van der Waals surface area (Å²) in [4.78, 5) is 0. The third kappa shape index (κ3) is 11.3. The first kappa shape index (κ1) is 43.9. The van der Waals surface area contributed by atoms with Crippen molar-refractivity contribution in [1.82, 2.24) is 29.5 Å². The highest BCUT2D eigenvalue weighted by Gasteiger charge is 2.17. The van der Waals surface area contributed by atoms with E-state index in [4.69, 9.17) is 14.2 Å². The van der Waals surface area contributed by atoms with Gasteiger partial charge in [0.05, 0.1) is 20.2 Å². The zero-order valence-electron chi connectivity index (χ0n) is 36.5. The Morgan fingerprint density at radius 1 is 0.394 bits per heavy atom. The number of hydrogen-bond acceptors (Lipinski definition) is 9. The van der Waals surface area contributed by atoms with Crippen LogP contribution in [-0.4, -0.2) is 36.6 Å². The molecule has 8 aromatic carbocycles. The van der Waals surface area contributed by atoms with Crippen LogP contribution in [0.2, 0.25) is 0 Å². The van der Waals surface area contributed by atoms with Crippen molar-refractivity contribution in [2.45, 2.75) is 48.1 Å². The molecule has 0 spiro atoms. The summed E-state index contributed by atoms with van der Waals surface area (Å²) in [7, 11) is 1.68. The van der Waals surface area contributed by atoms with Gasteiger partial charge in [0, 0.05) is 22.3 Å². The fourth-order valence-corrected chi connectivity index (χ4v) is 9.26. The largest absolute Gasteiger partial charge is 0.497 e. The van der Waals surface area contributed by atoms with Gasteiger partial charge in [-0.05, 0) is 57.3 Å². The molecule has 0 aliphatic heterocycles. The maximum Gasteiger partial charge on any atom is 0.191 e. The molecular formula is C55H48N6O3S2. The predicted molar refractivity (Wildman–Crippen MR) is 266 cm³/mol. The molecule has 0 N–H and O–H groups in total. The highest BCUT2D eigenvalue weighted by atomic mass is 32.2. The predicted octanol–water partition coefficient (Wildman–Crippen LogP) is 12.7. The van der Waals surface area contributed by atoms with Crippen LogP contribution < -0.4 is 14.2 Å². The Labute approximate surface area is 393 Å². The molecule has 10 aromatic rings. The van der Waals surface area contributed by atoms with Crippen LogP contribution in [0.3, 0.4) is 0 Å². The zero-order chi connectivity index (χ0) is 44.8. The summed E-state index contributed by atoms with van der Waals surface area (Å²) in [6.07, 6.45) is 0. The number of ether oxygens (including phenoxy) is 3. The molecule has 2 heterocycles. The number of methoxy groups -OCH3 is 1. The first-order valence-electron chi connectivity index (χ1n) is 21.7. The molecule has 9 nitrogen and oxygen atoms in total. The number of nitrogens with zero attached hydrogens (tertiary/aromatic N) is 6. The molecule has 11 heteroatoms. The fraction of sp³-hybridized carbons (Fsp3) is 0.127. The maximum atomic E-state index is 6.24. The Hall–Kier alpha value is -7.34. The summed E-state index contributed by atoms with van der Waals surface area (Å²) < 4.78 is 22.0. The van der Waals surface area contributed by atoms with Crippen LogP contribution in [0.1, 0.15) is 33.9 Å². The van der Waals surface area contributed by atoms with Crippen molar-refractivity contribution >= 4 is 45.1 Å². The summed E-state index contributed by atoms with van der Waals surface area (Å²) in [6.45, 7) is 2.10. The first-order chi connectivity index (χ1) is 32.7. The van der Waals surface area contributed by atoms with Crippen molar-refractivity contribution in [3.8, 4) is 17.2 Å². The van der Waals surface area contributed by atoms with Crippen LogP contribution in [0, 0.1) is 0 Å². The molecule has 0 atom stereocenters. The van der Waals surface area contributed by atoms with Crippen molar-refractivity contribution in [1.29, 1.82) is 0 Å². The number of benzene rings is 8. The Morgan fingerprint density at radius 3 is 1.24 bits per heavy atom. The van der Waals surface area contributed by atoms with E-state index in [1.165, 1.54) is 22.3 Å². The second-order valence-electron chi connectivity index (χ2n) is 15.4. The summed E-state index contributed by atoms with van der Waals surface area (Å²) in [5.74, 6) is 5.81. The third-order valence-corrected chi connectivity index (χ3v) is 13.0. The molecule has 0 bridgehead atoms. The summed E-state index contributed by atoms with van der Waals surface area (Å²) >= 11 is 3.37. The van der Waals surface area contributed by atoms with Crippen molar-refractivity contribution in [3.63, 3.8) is 0 Å². The molecule has 0 aliphatic rings. The van der Waals surface area contributed by atoms with Gasteiger partial charge in [-0.2, -0.15) is 0 Å². The Morgan fingerprint density at radius 2 is 0.788 bits per heavy atom. The molecule has 0 saturated carbocycles. The third-order valence-electron chi connectivity index (χ3n) is 10.9. The smallest absolute Gasteiger partial charge is 0.191 e. The van der Waals surface area contributed by atoms with E-state index >= 15 is 0 Å². The van der Waals surface area contributed by atoms with E-state index in [1.807, 2.05) is 78.9 Å². The van der Waals surface area contributed by atoms with Gasteiger partial charge in [0.15, 0.2) is 22.0 Å². The molecule has 328 valence electrons. The monoisotopic (exact) mass is 904 g/mol. The lowest BCUT2D eigenvalue weighted by Gasteiger charge is -2.12. The normalized spacial score (nSPS) is 11.0. The Kier molecular flexibility index (Phi) is 14.7. The summed E-state index contributed by atoms with van der Waals surface area (Å²) in [6, 6.07) is 68.0. The van der Waals surface area contributed by atoms with Crippen molar-refractivity contribution < 1.29 is 14.2 Å². The zero-order valence-corrected chi connectivity index (χ0v) is 38.2. The van der Waals surface area contributed by atoms with Gasteiger partial charge in [-0.15, -0.1) is 20.4 Å². The molecule has 0 saturated heterocycles. The molecule has 0 aliphatic carbocycles. The molecule has 0 fully saturated rings. The average Bonchev–Trinajstić information content (AvgIpc) is 3.96. The SMILES string of the molecule is COc1ccc(CSc2nnc(COc3cccc4ccccc34)n2Cc2ccccc2)cc1.c1ccc(CSc2nnc(COc3cccc4ccccc34)n2Cc2ccccc2)cc1. The van der Waals surface area contributed by atoms with E-state index in [1.54, 1.807) is 30.6 Å². The second kappa shape index (κ2) is 22.0. The van der Waals surface area contributed by atoms with Crippen LogP contribution in [0.15, 0.2) is 211 Å². The first-order valence-corrected chi connectivity index (χ1v) is 23.7. The summed E-state index contributed by atoms with van der Waals surface area (Å²) in [5, 5.41) is 24.3. The minimum atomic E-state index is 0.344. The minimum Gasteiger partial charge on any atom is -0.497 e. The Balaban J connectivity index is 0.000000166. The van der Waals surface area contributed by atoms with Gasteiger partial charge in [0.1, 0.15) is 30.5 Å². The van der Waals surface area contributed by atoms with E-state index in [0.717, 1.165) is 72.3 Å². The van der Waals surface area contributed by atoms with Crippen LogP contribution in [-0.2, 0) is 37.8 Å². The highest BCUT2D eigenvalue weighted by molar-refractivity contribution is 7.98. The van der Waals surface area contributed by atoms with Crippen molar-refractivity contribution in [2.24, 2.45) is 0 Å². The van der Waals surface area contributed by atoms with Gasteiger partial charge < -0.3 is 14.2 Å². The minimum absolute atomic E-state index is 0.344. The van der Waals surface area contributed by atoms with Crippen LogP contribution in [0.5, 0.6) is 17.2 Å². The number of rotatable bonds is 17. The molecule has 0 unspecified atom stereocenters. The van der Waals surface area contributed by atoms with Gasteiger partial charge in [0.2, 0.25) is 0 Å². The van der Waals surface area contributed by atoms with E-state index in [2.05, 4.69) is 151 Å². The molecule has 2 aromatic heterocycles. The Bertz CT molecular complexity index is 3080. The van der Waals surface area contributed by atoms with Crippen LogP contribution >= 0.6 is 23.5 Å². The van der Waals surface area contributed by atoms with E-state index in [0.29, 0.717) is 26.3 Å². The average molecular weight is 905 g/mol. The van der Waals surface area contributed by atoms with Crippen LogP contribution in [0.25, 0.3) is 21.5 Å². The van der Waals surface area contributed by atoms with Gasteiger partial charge in [0.25, 0.3) is 0 Å². The molecule has 0 radical (unpaired) electrons. The van der Waals surface area contributed by atoms with E-state index in [-0.39, 0.29) is 0 Å². The lowest BCUT2D eigenvalue weighted by molar-refractivity contribution is 0.292. The fourth-order valence-electron chi connectivity index (χ4n) is 7.43. The second-order valence-corrected chi connectivity index (χ2v) is 17.3. The maximum absolute atomic E-state index is 6.24. The van der Waals surface area contributed by atoms with Gasteiger partial charge in [-0.1, -0.05) is 199 Å². The van der Waals surface area contributed by atoms with Crippen LogP contribution in [0.4, 0.5) is 0 Å². The number of aromatic nitrogens is 6. The molecule has 0 amide bonds. The van der Waals surface area contributed by atoms with Gasteiger partial charge in [-0.25, -0.2) is 0 Å². The molecule has 10 rings (SSSR count). The lowest BCUT2D eigenvalue weighted by Crippen LogP contribution is -2.09. The van der Waals surface area contributed by atoms with E-state index < -0.39 is 0 Å². The van der Waals surface area contributed by atoms with Gasteiger partial charge in [-0.3, -0.25) is 9.13 Å². The lowest BCUT2D eigenvalue weighted by atomic mass is 10.1. The van der Waals surface area contributed by atoms with E-state index in [9.17, 15) is 0 Å². The number of fused-ring (bicyclic) bond motifs is 2. The molecule has 66 heavy (non-hydrogen) atoms. The van der Waals surface area contributed by atoms with Gasteiger partial charge >= 0.3 is 0 Å².